The predicted octanol–water partition coefficient (Wildman–Crippen LogP) is 6.00. The Balaban J connectivity index is 0.000000232. The maximum absolute atomic E-state index is 12.5. The molecule has 0 unspecified atom stereocenters. The van der Waals surface area contributed by atoms with Crippen LogP contribution in [0.4, 0.5) is 0 Å². The highest BCUT2D eigenvalue weighted by atomic mass is 16.5. The molecule has 0 bridgehead atoms. The Morgan fingerprint density at radius 2 is 0.952 bits per heavy atom. The van der Waals surface area contributed by atoms with Crippen molar-refractivity contribution in [2.24, 2.45) is 5.73 Å². The second kappa shape index (κ2) is 22.6. The lowest BCUT2D eigenvalue weighted by molar-refractivity contribution is -0.140. The van der Waals surface area contributed by atoms with Crippen molar-refractivity contribution in [2.75, 3.05) is 0 Å². The highest BCUT2D eigenvalue weighted by Crippen LogP contribution is 2.28. The summed E-state index contributed by atoms with van der Waals surface area (Å²) >= 11 is 0. The second-order valence-corrected chi connectivity index (χ2v) is 13.1. The molecule has 17 nitrogen and oxygen atoms in total. The first kappa shape index (κ1) is 47.0. The summed E-state index contributed by atoms with van der Waals surface area (Å²) in [4.78, 5) is 67.1. The summed E-state index contributed by atoms with van der Waals surface area (Å²) in [6, 6.07) is 30.6. The number of nitrogens with two attached hydrogens (primary N) is 1. The maximum Gasteiger partial charge on any atom is 0.335 e. The van der Waals surface area contributed by atoms with E-state index in [0.717, 1.165) is 5.56 Å². The number of aromatic hydroxyl groups is 4. The largest absolute Gasteiger partial charge is 0.508 e. The first-order valence-corrected chi connectivity index (χ1v) is 18.4. The van der Waals surface area contributed by atoms with Crippen molar-refractivity contribution in [3.8, 4) is 34.5 Å². The van der Waals surface area contributed by atoms with Gasteiger partial charge in [-0.15, -0.1) is 0 Å². The third-order valence-electron chi connectivity index (χ3n) is 8.79. The van der Waals surface area contributed by atoms with E-state index in [4.69, 9.17) is 30.5 Å². The molecule has 0 saturated heterocycles. The van der Waals surface area contributed by atoms with Gasteiger partial charge in [0.1, 0.15) is 53.8 Å². The Morgan fingerprint density at radius 3 is 1.33 bits per heavy atom. The zero-order chi connectivity index (χ0) is 46.1. The Labute approximate surface area is 358 Å². The van der Waals surface area contributed by atoms with Gasteiger partial charge in [0, 0.05) is 5.56 Å². The molecule has 10 N–H and O–H groups in total. The Bertz CT molecular complexity index is 2530. The lowest BCUT2D eigenvalue weighted by Crippen LogP contribution is -2.33. The number of hydrogen-bond acceptors (Lipinski definition) is 13. The first-order chi connectivity index (χ1) is 30.1. The number of carboxylic acids is 3. The van der Waals surface area contributed by atoms with Crippen molar-refractivity contribution in [3.63, 3.8) is 0 Å². The minimum absolute atomic E-state index is 0.0111. The molecule has 0 aliphatic heterocycles. The van der Waals surface area contributed by atoms with Crippen molar-refractivity contribution >= 4 is 36.4 Å². The third-order valence-corrected chi connectivity index (χ3v) is 8.79. The van der Waals surface area contributed by atoms with E-state index in [0.29, 0.717) is 29.3 Å². The minimum atomic E-state index is -1.27. The summed E-state index contributed by atoms with van der Waals surface area (Å²) in [5, 5.41) is 66.6. The van der Waals surface area contributed by atoms with E-state index < -0.39 is 35.9 Å². The quantitative estimate of drug-likeness (QED) is 0.0535. The van der Waals surface area contributed by atoms with Crippen LogP contribution in [-0.2, 0) is 22.8 Å². The number of phenols is 4. The summed E-state index contributed by atoms with van der Waals surface area (Å²) in [6.07, 6.45) is 1.03. The molecular weight excluding hydrogens is 821 g/mol. The fourth-order valence-corrected chi connectivity index (χ4v) is 5.36. The Hall–Kier alpha value is -8.70. The SMILES string of the molecule is N[C@H](C(=O)O)c1ccc(O)cc1.O=Cc1c(O)cccc1OCc1ccc(C(=O)N[C@H](C(=O)O)c2ccc(O)cc2)cc1.O=Cc1c(O)cccc1OCc1ccc(C(=O)O)cc1. The summed E-state index contributed by atoms with van der Waals surface area (Å²) in [6.45, 7) is 0.266. The van der Waals surface area contributed by atoms with Crippen LogP contribution in [0.15, 0.2) is 133 Å². The Morgan fingerprint density at radius 1 is 0.540 bits per heavy atom. The molecule has 63 heavy (non-hydrogen) atoms. The first-order valence-electron chi connectivity index (χ1n) is 18.4. The monoisotopic (exact) mass is 860 g/mol. The molecule has 0 heterocycles. The maximum atomic E-state index is 12.5. The van der Waals surface area contributed by atoms with Crippen LogP contribution < -0.4 is 20.5 Å². The van der Waals surface area contributed by atoms with E-state index in [2.05, 4.69) is 5.32 Å². The van der Waals surface area contributed by atoms with Gasteiger partial charge >= 0.3 is 17.9 Å². The smallest absolute Gasteiger partial charge is 0.335 e. The van der Waals surface area contributed by atoms with Crippen LogP contribution in [0, 0.1) is 0 Å². The van der Waals surface area contributed by atoms with Gasteiger partial charge in [-0.05, 0) is 95.1 Å². The number of hydrogen-bond donors (Lipinski definition) is 9. The molecule has 0 radical (unpaired) electrons. The average Bonchev–Trinajstić information content (AvgIpc) is 3.27. The number of amides is 1. The second-order valence-electron chi connectivity index (χ2n) is 13.1. The van der Waals surface area contributed by atoms with Crippen LogP contribution in [-0.4, -0.2) is 72.1 Å². The molecule has 2 atom stereocenters. The summed E-state index contributed by atoms with van der Waals surface area (Å²) in [7, 11) is 0. The average molecular weight is 861 g/mol. The van der Waals surface area contributed by atoms with Gasteiger partial charge in [0.05, 0.1) is 16.7 Å². The van der Waals surface area contributed by atoms with Gasteiger partial charge < -0.3 is 56.3 Å². The minimum Gasteiger partial charge on any atom is -0.508 e. The number of aliphatic carboxylic acids is 2. The lowest BCUT2D eigenvalue weighted by Gasteiger charge is -2.15. The molecule has 6 aromatic rings. The molecule has 6 rings (SSSR count). The van der Waals surface area contributed by atoms with E-state index >= 15 is 0 Å². The van der Waals surface area contributed by atoms with Crippen LogP contribution in [0.1, 0.15) is 75.8 Å². The van der Waals surface area contributed by atoms with Crippen LogP contribution in [0.5, 0.6) is 34.5 Å². The van der Waals surface area contributed by atoms with Gasteiger partial charge in [-0.1, -0.05) is 60.7 Å². The van der Waals surface area contributed by atoms with Crippen molar-refractivity contribution in [3.05, 3.63) is 178 Å². The molecule has 6 aromatic carbocycles. The number of nitrogens with one attached hydrogen (secondary N) is 1. The number of ether oxygens (including phenoxy) is 2. The lowest BCUT2D eigenvalue weighted by atomic mass is 10.1. The number of carbonyl (C=O) groups is 6. The molecule has 324 valence electrons. The highest BCUT2D eigenvalue weighted by Gasteiger charge is 2.23. The van der Waals surface area contributed by atoms with E-state index in [1.807, 2.05) is 0 Å². The molecule has 0 fully saturated rings. The zero-order valence-corrected chi connectivity index (χ0v) is 32.9. The van der Waals surface area contributed by atoms with Crippen molar-refractivity contribution < 1.29 is 74.0 Å². The molecule has 0 spiro atoms. The number of carbonyl (C=O) groups excluding carboxylic acids is 3. The molecule has 17 heteroatoms. The van der Waals surface area contributed by atoms with Crippen LogP contribution in [0.3, 0.4) is 0 Å². The van der Waals surface area contributed by atoms with Crippen LogP contribution in [0.25, 0.3) is 0 Å². The number of rotatable bonds is 15. The topological polar surface area (TPSA) is 301 Å². The number of phenolic OH excluding ortho intramolecular Hbond substituents is 4. The summed E-state index contributed by atoms with van der Waals surface area (Å²) in [5.74, 6) is -3.61. The molecule has 0 aliphatic rings. The van der Waals surface area contributed by atoms with Crippen molar-refractivity contribution in [2.45, 2.75) is 25.3 Å². The molecule has 1 amide bonds. The Kier molecular flexibility index (Phi) is 16.9. The van der Waals surface area contributed by atoms with E-state index in [9.17, 15) is 49.2 Å². The van der Waals surface area contributed by atoms with E-state index in [1.54, 1.807) is 48.5 Å². The summed E-state index contributed by atoms with van der Waals surface area (Å²) < 4.78 is 11.0. The zero-order valence-electron chi connectivity index (χ0n) is 32.9. The molecular formula is C46H40N2O15. The molecule has 0 aliphatic carbocycles. The fraction of sp³-hybridized carbons (Fsp3) is 0.0870. The van der Waals surface area contributed by atoms with Gasteiger partial charge in [0.2, 0.25) is 0 Å². The van der Waals surface area contributed by atoms with Gasteiger partial charge in [0.25, 0.3) is 5.91 Å². The number of aromatic carboxylic acids is 1. The van der Waals surface area contributed by atoms with Gasteiger partial charge in [-0.2, -0.15) is 0 Å². The fourth-order valence-electron chi connectivity index (χ4n) is 5.36. The van der Waals surface area contributed by atoms with Gasteiger partial charge in [-0.3, -0.25) is 19.2 Å². The van der Waals surface area contributed by atoms with Crippen molar-refractivity contribution in [1.29, 1.82) is 0 Å². The van der Waals surface area contributed by atoms with Crippen molar-refractivity contribution in [1.82, 2.24) is 5.32 Å². The standard InChI is InChI=1S/C23H19NO7.C15H12O5.C8H9NO3/c25-12-18-19(27)2-1-3-20(18)31-13-14-4-6-16(7-5-14)22(28)24-21(23(29)30)15-8-10-17(26)11-9-15;16-8-12-13(17)2-1-3-14(12)20-9-10-4-6-11(7-5-10)15(18)19;9-7(8(11)12)5-1-3-6(10)4-2-5/h1-12,21,26-27H,13H2,(H,24,28)(H,29,30);1-8,17H,9H2,(H,18,19);1-4,7,10H,9H2,(H,11,12)/t21-;;7-/m0.0/s1. The van der Waals surface area contributed by atoms with E-state index in [1.165, 1.54) is 84.9 Å². The van der Waals surface area contributed by atoms with E-state index in [-0.39, 0.29) is 70.0 Å². The summed E-state index contributed by atoms with van der Waals surface area (Å²) in [5.41, 5.74) is 8.14. The third kappa shape index (κ3) is 13.7. The van der Waals surface area contributed by atoms with Crippen LogP contribution in [0.2, 0.25) is 0 Å². The van der Waals surface area contributed by atoms with Gasteiger partial charge in [-0.25, -0.2) is 9.59 Å². The number of aldehydes is 2. The predicted molar refractivity (Wildman–Crippen MR) is 224 cm³/mol. The van der Waals surface area contributed by atoms with Gasteiger partial charge in [0.15, 0.2) is 18.6 Å². The normalized spacial score (nSPS) is 11.1. The highest BCUT2D eigenvalue weighted by molar-refractivity contribution is 5.97. The number of benzene rings is 6. The molecule has 0 aromatic heterocycles. The molecule has 0 saturated carbocycles. The number of carboxylic acid groups (broad SMARTS) is 3. The van der Waals surface area contributed by atoms with Crippen LogP contribution >= 0.6 is 0 Å².